The number of pyridine rings is 1. The maximum atomic E-state index is 11.7. The van der Waals surface area contributed by atoms with Gasteiger partial charge in [0, 0.05) is 48.7 Å². The van der Waals surface area contributed by atoms with Crippen molar-refractivity contribution in [2.24, 2.45) is 5.41 Å². The molecular formula is C24H22Cl3N7O3S. The van der Waals surface area contributed by atoms with E-state index in [0.29, 0.717) is 40.1 Å². The van der Waals surface area contributed by atoms with Gasteiger partial charge >= 0.3 is 0 Å². The number of aromatic nitrogens is 5. The summed E-state index contributed by atoms with van der Waals surface area (Å²) in [5.74, 6) is 1.29. The zero-order valence-electron chi connectivity index (χ0n) is 20.3. The third kappa shape index (κ3) is 4.46. The molecule has 5 heterocycles. The number of H-pyrrole nitrogens is 1. The van der Waals surface area contributed by atoms with Crippen LogP contribution in [0.2, 0.25) is 15.2 Å². The molecule has 1 N–H and O–H groups in total. The number of benzene rings is 1. The van der Waals surface area contributed by atoms with Gasteiger partial charge in [-0.15, -0.1) is 5.10 Å². The maximum absolute atomic E-state index is 11.7. The number of nitrogens with zero attached hydrogens (tertiary/aromatic N) is 6. The molecule has 2 saturated heterocycles. The lowest BCUT2D eigenvalue weighted by Gasteiger charge is -2.59. The summed E-state index contributed by atoms with van der Waals surface area (Å²) >= 11 is 19.0. The Morgan fingerprint density at radius 3 is 2.50 bits per heavy atom. The minimum atomic E-state index is -3.12. The van der Waals surface area contributed by atoms with Gasteiger partial charge in [-0.3, -0.25) is 5.10 Å². The number of rotatable bonds is 6. The van der Waals surface area contributed by atoms with Crippen LogP contribution in [0.3, 0.4) is 0 Å². The van der Waals surface area contributed by atoms with Crippen LogP contribution >= 0.6 is 34.8 Å². The number of hydrogen-bond donors (Lipinski definition) is 1. The van der Waals surface area contributed by atoms with Crippen molar-refractivity contribution >= 4 is 61.5 Å². The van der Waals surface area contributed by atoms with Crippen LogP contribution in [0.15, 0.2) is 36.7 Å². The van der Waals surface area contributed by atoms with Gasteiger partial charge in [-0.1, -0.05) is 34.8 Å². The summed E-state index contributed by atoms with van der Waals surface area (Å²) in [6, 6.07) is 7.49. The summed E-state index contributed by atoms with van der Waals surface area (Å²) in [7, 11) is -3.12. The van der Waals surface area contributed by atoms with Crippen molar-refractivity contribution in [3.8, 4) is 17.0 Å². The fraction of sp³-hybridized carbons (Fsp3) is 0.333. The molecule has 2 fully saturated rings. The van der Waals surface area contributed by atoms with E-state index in [4.69, 9.17) is 39.5 Å². The molecule has 1 aromatic carbocycles. The average Bonchev–Trinajstić information content (AvgIpc) is 3.19. The van der Waals surface area contributed by atoms with Crippen molar-refractivity contribution in [3.05, 3.63) is 57.4 Å². The third-order valence-electron chi connectivity index (χ3n) is 7.01. The standard InChI is InChI=1S/C24H22Cl3N7O3S/c1-13(21-17(26)8-29-32-23(21)27)37-19-5-15-18(6-16(19)25)30-31-22(15)14-3-4-20(28-7-14)33-9-24(10-33)11-34(12-24)38(2,35)36/h3-8,13H,9-12H2,1-2H3,(H,30,31). The molecule has 10 nitrogen and oxygen atoms in total. The lowest BCUT2D eigenvalue weighted by atomic mass is 9.74. The second-order valence-corrected chi connectivity index (χ2v) is 13.0. The van der Waals surface area contributed by atoms with E-state index in [1.54, 1.807) is 19.2 Å². The van der Waals surface area contributed by atoms with Crippen molar-refractivity contribution in [1.29, 1.82) is 0 Å². The Balaban J connectivity index is 1.20. The van der Waals surface area contributed by atoms with Crippen LogP contribution in [0.25, 0.3) is 22.2 Å². The zero-order valence-corrected chi connectivity index (χ0v) is 23.4. The normalized spacial score (nSPS) is 17.9. The van der Waals surface area contributed by atoms with Gasteiger partial charge in [-0.2, -0.15) is 10.2 Å². The second-order valence-electron chi connectivity index (χ2n) is 9.85. The molecule has 0 amide bonds. The van der Waals surface area contributed by atoms with Crippen LogP contribution in [-0.4, -0.2) is 70.5 Å². The molecule has 38 heavy (non-hydrogen) atoms. The average molecular weight is 595 g/mol. The van der Waals surface area contributed by atoms with Gasteiger partial charge in [0.1, 0.15) is 23.4 Å². The van der Waals surface area contributed by atoms with E-state index in [2.05, 4.69) is 30.3 Å². The van der Waals surface area contributed by atoms with E-state index in [1.807, 2.05) is 18.2 Å². The summed E-state index contributed by atoms with van der Waals surface area (Å²) in [5, 5.41) is 16.8. The minimum absolute atomic E-state index is 0.0371. The minimum Gasteiger partial charge on any atom is -0.484 e. The number of halogens is 3. The van der Waals surface area contributed by atoms with Crippen LogP contribution in [-0.2, 0) is 10.0 Å². The molecule has 1 atom stereocenters. The number of fused-ring (bicyclic) bond motifs is 1. The monoisotopic (exact) mass is 593 g/mol. The summed E-state index contributed by atoms with van der Waals surface area (Å²) < 4.78 is 31.0. The SMILES string of the molecule is CC(Oc1cc2c(-c3ccc(N4CC5(C4)CN(S(C)(=O)=O)C5)nc3)n[nH]c2cc1Cl)c1c(Cl)cnnc1Cl. The van der Waals surface area contributed by atoms with Crippen molar-refractivity contribution < 1.29 is 13.2 Å². The number of nitrogens with one attached hydrogen (secondary N) is 1. The number of sulfonamides is 1. The van der Waals surface area contributed by atoms with Gasteiger partial charge in [0.05, 0.1) is 33.6 Å². The van der Waals surface area contributed by atoms with Crippen LogP contribution in [0, 0.1) is 5.41 Å². The summed E-state index contributed by atoms with van der Waals surface area (Å²) in [6.45, 7) is 4.52. The Morgan fingerprint density at radius 2 is 1.84 bits per heavy atom. The lowest BCUT2D eigenvalue weighted by Crippen LogP contribution is -2.73. The topological polar surface area (TPSA) is 117 Å². The van der Waals surface area contributed by atoms with Gasteiger partial charge in [0.2, 0.25) is 10.0 Å². The third-order valence-corrected chi connectivity index (χ3v) is 9.08. The summed E-state index contributed by atoms with van der Waals surface area (Å²) in [6.07, 6.45) is 3.91. The summed E-state index contributed by atoms with van der Waals surface area (Å²) in [4.78, 5) is 6.80. The maximum Gasteiger partial charge on any atom is 0.211 e. The highest BCUT2D eigenvalue weighted by Crippen LogP contribution is 2.43. The smallest absolute Gasteiger partial charge is 0.211 e. The quantitative estimate of drug-likeness (QED) is 0.344. The molecule has 6 rings (SSSR count). The van der Waals surface area contributed by atoms with E-state index in [-0.39, 0.29) is 10.6 Å². The first-order valence-corrected chi connectivity index (χ1v) is 14.7. The van der Waals surface area contributed by atoms with Crippen LogP contribution in [0.5, 0.6) is 5.75 Å². The first kappa shape index (κ1) is 25.6. The molecule has 0 aliphatic carbocycles. The van der Waals surface area contributed by atoms with Gasteiger partial charge in [0.15, 0.2) is 5.15 Å². The fourth-order valence-electron chi connectivity index (χ4n) is 5.07. The Morgan fingerprint density at radius 1 is 1.08 bits per heavy atom. The zero-order chi connectivity index (χ0) is 26.8. The van der Waals surface area contributed by atoms with Crippen LogP contribution < -0.4 is 9.64 Å². The highest BCUT2D eigenvalue weighted by Gasteiger charge is 2.54. The molecule has 14 heteroatoms. The molecule has 1 spiro atoms. The number of anilines is 1. The first-order chi connectivity index (χ1) is 18.0. The predicted octanol–water partition coefficient (Wildman–Crippen LogP) is 4.60. The van der Waals surface area contributed by atoms with Crippen molar-refractivity contribution in [2.75, 3.05) is 37.3 Å². The van der Waals surface area contributed by atoms with Crippen molar-refractivity contribution in [2.45, 2.75) is 13.0 Å². The Bertz CT molecular complexity index is 1630. The largest absolute Gasteiger partial charge is 0.484 e. The molecule has 1 unspecified atom stereocenters. The highest BCUT2D eigenvalue weighted by molar-refractivity contribution is 7.88. The molecule has 0 saturated carbocycles. The van der Waals surface area contributed by atoms with E-state index >= 15 is 0 Å². The Kier molecular flexibility index (Phi) is 6.19. The summed E-state index contributed by atoms with van der Waals surface area (Å²) in [5.41, 5.74) is 2.84. The Hall–Kier alpha value is -2.70. The Labute approximate surface area is 233 Å². The first-order valence-electron chi connectivity index (χ1n) is 11.7. The van der Waals surface area contributed by atoms with Gasteiger partial charge in [-0.25, -0.2) is 17.7 Å². The van der Waals surface area contributed by atoms with Crippen LogP contribution in [0.1, 0.15) is 18.6 Å². The molecule has 198 valence electrons. The second kappa shape index (κ2) is 9.20. The molecule has 0 bridgehead atoms. The molecule has 2 aliphatic rings. The van der Waals surface area contributed by atoms with E-state index in [9.17, 15) is 8.42 Å². The lowest BCUT2D eigenvalue weighted by molar-refractivity contribution is 0.0395. The van der Waals surface area contributed by atoms with Gasteiger partial charge < -0.3 is 9.64 Å². The predicted molar refractivity (Wildman–Crippen MR) is 146 cm³/mol. The van der Waals surface area contributed by atoms with E-state index in [0.717, 1.165) is 35.4 Å². The fourth-order valence-corrected chi connectivity index (χ4v) is 6.93. The van der Waals surface area contributed by atoms with Gasteiger partial charge in [-0.05, 0) is 31.2 Å². The van der Waals surface area contributed by atoms with Crippen molar-refractivity contribution in [1.82, 2.24) is 29.7 Å². The molecule has 4 aromatic rings. The van der Waals surface area contributed by atoms with Gasteiger partial charge in [0.25, 0.3) is 0 Å². The number of hydrogen-bond acceptors (Lipinski definition) is 8. The molecule has 3 aromatic heterocycles. The van der Waals surface area contributed by atoms with E-state index < -0.39 is 16.1 Å². The molecule has 0 radical (unpaired) electrons. The molecule has 2 aliphatic heterocycles. The number of ether oxygens (including phenoxy) is 1. The molecular weight excluding hydrogens is 573 g/mol. The highest BCUT2D eigenvalue weighted by atomic mass is 35.5. The number of aromatic amines is 1. The van der Waals surface area contributed by atoms with Crippen molar-refractivity contribution in [3.63, 3.8) is 0 Å². The van der Waals surface area contributed by atoms with Crippen LogP contribution in [0.4, 0.5) is 5.82 Å². The van der Waals surface area contributed by atoms with E-state index in [1.165, 1.54) is 16.8 Å².